The fourth-order valence-corrected chi connectivity index (χ4v) is 1.69. The van der Waals surface area contributed by atoms with Crippen molar-refractivity contribution in [3.63, 3.8) is 0 Å². The van der Waals surface area contributed by atoms with E-state index in [1.54, 1.807) is 0 Å². The highest BCUT2D eigenvalue weighted by Gasteiger charge is 2.26. The van der Waals surface area contributed by atoms with E-state index in [-0.39, 0.29) is 5.60 Å². The number of rotatable bonds is 2. The number of allylic oxidation sites excluding steroid dienone is 2. The highest BCUT2D eigenvalue weighted by atomic mass is 16.5. The summed E-state index contributed by atoms with van der Waals surface area (Å²) in [6.07, 6.45) is 3.45. The molecule has 0 saturated heterocycles. The molecule has 76 valence electrons. The van der Waals surface area contributed by atoms with Crippen LogP contribution in [0.5, 0.6) is 0 Å². The normalized spacial score (nSPS) is 22.0. The molecule has 1 aliphatic rings. The van der Waals surface area contributed by atoms with Crippen LogP contribution in [0.2, 0.25) is 0 Å². The van der Waals surface area contributed by atoms with Crippen LogP contribution in [0.4, 0.5) is 0 Å². The maximum absolute atomic E-state index is 5.98. The Balaban J connectivity index is 2.69. The molecule has 13 heavy (non-hydrogen) atoms. The van der Waals surface area contributed by atoms with E-state index in [4.69, 9.17) is 4.74 Å². The van der Waals surface area contributed by atoms with E-state index in [1.165, 1.54) is 17.8 Å². The average Bonchev–Trinajstić information content (AvgIpc) is 1.95. The first kappa shape index (κ1) is 10.6. The van der Waals surface area contributed by atoms with Gasteiger partial charge in [0.15, 0.2) is 0 Å². The zero-order valence-corrected chi connectivity index (χ0v) is 9.61. The van der Waals surface area contributed by atoms with Crippen LogP contribution in [-0.4, -0.2) is 5.60 Å². The van der Waals surface area contributed by atoms with E-state index in [9.17, 15) is 0 Å². The van der Waals surface area contributed by atoms with E-state index in [0.29, 0.717) is 5.92 Å². The SMILES string of the molecule is CC1=C(CC(C)C)OC(C)(C)CC1. The molecular formula is C12H22O. The van der Waals surface area contributed by atoms with Crippen molar-refractivity contribution in [3.8, 4) is 0 Å². The largest absolute Gasteiger partial charge is 0.492 e. The Morgan fingerprint density at radius 2 is 2.00 bits per heavy atom. The minimum absolute atomic E-state index is 0.0593. The van der Waals surface area contributed by atoms with E-state index in [1.807, 2.05) is 0 Å². The van der Waals surface area contributed by atoms with Gasteiger partial charge in [0.25, 0.3) is 0 Å². The molecule has 0 bridgehead atoms. The molecule has 1 aliphatic heterocycles. The van der Waals surface area contributed by atoms with Crippen molar-refractivity contribution in [1.29, 1.82) is 0 Å². The van der Waals surface area contributed by atoms with Crippen molar-refractivity contribution in [2.75, 3.05) is 0 Å². The molecule has 0 aromatic rings. The zero-order valence-electron chi connectivity index (χ0n) is 9.61. The van der Waals surface area contributed by atoms with Crippen molar-refractivity contribution in [3.05, 3.63) is 11.3 Å². The van der Waals surface area contributed by atoms with Crippen LogP contribution < -0.4 is 0 Å². The summed E-state index contributed by atoms with van der Waals surface area (Å²) >= 11 is 0. The van der Waals surface area contributed by atoms with E-state index in [2.05, 4.69) is 34.6 Å². The maximum atomic E-state index is 5.98. The van der Waals surface area contributed by atoms with Crippen molar-refractivity contribution in [1.82, 2.24) is 0 Å². The fourth-order valence-electron chi connectivity index (χ4n) is 1.69. The van der Waals surface area contributed by atoms with Gasteiger partial charge in [-0.25, -0.2) is 0 Å². The van der Waals surface area contributed by atoms with Gasteiger partial charge in [-0.15, -0.1) is 0 Å². The van der Waals surface area contributed by atoms with Crippen LogP contribution in [-0.2, 0) is 4.74 Å². The highest BCUT2D eigenvalue weighted by Crippen LogP contribution is 2.33. The first-order valence-electron chi connectivity index (χ1n) is 5.28. The molecule has 0 amide bonds. The Kier molecular flexibility index (Phi) is 3.05. The van der Waals surface area contributed by atoms with Gasteiger partial charge in [-0.05, 0) is 45.1 Å². The Bertz CT molecular complexity index is 211. The van der Waals surface area contributed by atoms with Crippen LogP contribution >= 0.6 is 0 Å². The van der Waals surface area contributed by atoms with Gasteiger partial charge in [-0.2, -0.15) is 0 Å². The van der Waals surface area contributed by atoms with Crippen LogP contribution in [0.25, 0.3) is 0 Å². The monoisotopic (exact) mass is 182 g/mol. The van der Waals surface area contributed by atoms with Crippen molar-refractivity contribution in [2.45, 2.75) is 59.5 Å². The quantitative estimate of drug-likeness (QED) is 0.629. The summed E-state index contributed by atoms with van der Waals surface area (Å²) in [4.78, 5) is 0. The van der Waals surface area contributed by atoms with Gasteiger partial charge < -0.3 is 4.74 Å². The molecule has 1 heteroatoms. The van der Waals surface area contributed by atoms with Crippen LogP contribution in [0.15, 0.2) is 11.3 Å². The summed E-state index contributed by atoms with van der Waals surface area (Å²) in [5.41, 5.74) is 1.51. The maximum Gasteiger partial charge on any atom is 0.103 e. The van der Waals surface area contributed by atoms with Gasteiger partial charge in [-0.1, -0.05) is 13.8 Å². The Labute approximate surface area is 82.2 Å². The standard InChI is InChI=1S/C12H22O/c1-9(2)8-11-10(3)6-7-12(4,5)13-11/h9H,6-8H2,1-5H3. The first-order valence-corrected chi connectivity index (χ1v) is 5.28. The van der Waals surface area contributed by atoms with Crippen molar-refractivity contribution in [2.24, 2.45) is 5.92 Å². The molecular weight excluding hydrogens is 160 g/mol. The van der Waals surface area contributed by atoms with Gasteiger partial charge in [0.1, 0.15) is 5.60 Å². The second-order valence-electron chi connectivity index (χ2n) is 5.16. The highest BCUT2D eigenvalue weighted by molar-refractivity contribution is 5.11. The van der Waals surface area contributed by atoms with Crippen LogP contribution in [0, 0.1) is 5.92 Å². The summed E-state index contributed by atoms with van der Waals surface area (Å²) in [5.74, 6) is 1.94. The van der Waals surface area contributed by atoms with Gasteiger partial charge in [-0.3, -0.25) is 0 Å². The summed E-state index contributed by atoms with van der Waals surface area (Å²) in [6.45, 7) is 11.0. The first-order chi connectivity index (χ1) is 5.91. The van der Waals surface area contributed by atoms with Crippen molar-refractivity contribution >= 4 is 0 Å². The molecule has 0 fully saturated rings. The number of hydrogen-bond acceptors (Lipinski definition) is 1. The molecule has 0 aromatic carbocycles. The molecule has 1 nitrogen and oxygen atoms in total. The third-order valence-electron chi connectivity index (χ3n) is 2.57. The average molecular weight is 182 g/mol. The minimum atomic E-state index is 0.0593. The fraction of sp³-hybridized carbons (Fsp3) is 0.833. The van der Waals surface area contributed by atoms with Gasteiger partial charge in [0.05, 0.1) is 5.76 Å². The summed E-state index contributed by atoms with van der Waals surface area (Å²) in [5, 5.41) is 0. The summed E-state index contributed by atoms with van der Waals surface area (Å²) in [7, 11) is 0. The second kappa shape index (κ2) is 3.73. The molecule has 0 aliphatic carbocycles. The minimum Gasteiger partial charge on any atom is -0.492 e. The molecule has 0 radical (unpaired) electrons. The number of hydrogen-bond donors (Lipinski definition) is 0. The molecule has 0 unspecified atom stereocenters. The molecule has 0 atom stereocenters. The van der Waals surface area contributed by atoms with Crippen LogP contribution in [0.3, 0.4) is 0 Å². The van der Waals surface area contributed by atoms with E-state index >= 15 is 0 Å². The molecule has 0 N–H and O–H groups in total. The van der Waals surface area contributed by atoms with Crippen LogP contribution in [0.1, 0.15) is 53.9 Å². The molecule has 1 heterocycles. The lowest BCUT2D eigenvalue weighted by atomic mass is 9.93. The Morgan fingerprint density at radius 1 is 1.38 bits per heavy atom. The second-order valence-corrected chi connectivity index (χ2v) is 5.16. The molecule has 0 aromatic heterocycles. The van der Waals surface area contributed by atoms with Gasteiger partial charge in [0, 0.05) is 6.42 Å². The van der Waals surface area contributed by atoms with Gasteiger partial charge >= 0.3 is 0 Å². The lowest BCUT2D eigenvalue weighted by Gasteiger charge is -2.34. The predicted octanol–water partition coefficient (Wildman–Crippen LogP) is 3.90. The molecule has 1 rings (SSSR count). The molecule has 0 saturated carbocycles. The van der Waals surface area contributed by atoms with E-state index < -0.39 is 0 Å². The topological polar surface area (TPSA) is 9.23 Å². The van der Waals surface area contributed by atoms with Gasteiger partial charge in [0.2, 0.25) is 0 Å². The smallest absolute Gasteiger partial charge is 0.103 e. The Hall–Kier alpha value is -0.460. The number of ether oxygens (including phenoxy) is 1. The lowest BCUT2D eigenvalue weighted by molar-refractivity contribution is 0.00533. The Morgan fingerprint density at radius 3 is 2.54 bits per heavy atom. The third-order valence-corrected chi connectivity index (χ3v) is 2.57. The third kappa shape index (κ3) is 3.06. The lowest BCUT2D eigenvalue weighted by Crippen LogP contribution is -2.28. The predicted molar refractivity (Wildman–Crippen MR) is 56.6 cm³/mol. The van der Waals surface area contributed by atoms with E-state index in [0.717, 1.165) is 12.8 Å². The summed E-state index contributed by atoms with van der Waals surface area (Å²) in [6, 6.07) is 0. The summed E-state index contributed by atoms with van der Waals surface area (Å²) < 4.78 is 5.98. The van der Waals surface area contributed by atoms with Crippen molar-refractivity contribution < 1.29 is 4.74 Å². The zero-order chi connectivity index (χ0) is 10.1. The molecule has 0 spiro atoms.